The quantitative estimate of drug-likeness (QED) is 0.0744. The highest BCUT2D eigenvalue weighted by Gasteiger charge is 2.50. The molecular weight excluding hydrogens is 788 g/mol. The van der Waals surface area contributed by atoms with Crippen molar-refractivity contribution in [2.45, 2.75) is 87.4 Å². The molecule has 21 heteroatoms. The predicted molar refractivity (Wildman–Crippen MR) is 199 cm³/mol. The number of phenols is 2. The number of ether oxygens (including phenoxy) is 3. The molecule has 1 heterocycles. The lowest BCUT2D eigenvalue weighted by atomic mass is 9.72. The molecule has 2 aromatic carbocycles. The molecule has 8 atom stereocenters. The first kappa shape index (κ1) is 44.0. The highest BCUT2D eigenvalue weighted by atomic mass is 32.2. The maximum absolute atomic E-state index is 14.0. The van der Waals surface area contributed by atoms with Crippen molar-refractivity contribution in [3.63, 3.8) is 0 Å². The van der Waals surface area contributed by atoms with Crippen molar-refractivity contribution in [3.05, 3.63) is 51.6 Å². The third kappa shape index (κ3) is 8.94. The van der Waals surface area contributed by atoms with Gasteiger partial charge in [-0.15, -0.1) is 0 Å². The lowest BCUT2D eigenvalue weighted by Crippen LogP contribution is -2.53. The van der Waals surface area contributed by atoms with Gasteiger partial charge in [-0.05, 0) is 19.4 Å². The van der Waals surface area contributed by atoms with Gasteiger partial charge in [0, 0.05) is 54.2 Å². The molecule has 1 aliphatic heterocycles. The van der Waals surface area contributed by atoms with Gasteiger partial charge in [-0.1, -0.05) is 12.1 Å². The first-order valence-corrected chi connectivity index (χ1v) is 19.2. The van der Waals surface area contributed by atoms with Crippen LogP contribution in [0.25, 0.3) is 0 Å². The number of aliphatic carboxylic acids is 2. The largest absolute Gasteiger partial charge is 0.507 e. The van der Waals surface area contributed by atoms with Crippen LogP contribution in [-0.4, -0.2) is 139 Å². The number of nitrogens with two attached hydrogens (primary N) is 2. The van der Waals surface area contributed by atoms with Gasteiger partial charge in [0.1, 0.15) is 41.5 Å². The van der Waals surface area contributed by atoms with Crippen LogP contribution in [-0.2, 0) is 39.9 Å². The van der Waals surface area contributed by atoms with E-state index in [1.165, 1.54) is 32.2 Å². The molecule has 5 rings (SSSR count). The first-order valence-electron chi connectivity index (χ1n) is 18.0. The van der Waals surface area contributed by atoms with Crippen molar-refractivity contribution in [2.24, 2.45) is 11.5 Å². The number of Topliss-reactive ketones (excluding diaryl/α,β-unsaturated/α-hetero) is 1. The minimum Gasteiger partial charge on any atom is -0.507 e. The van der Waals surface area contributed by atoms with Gasteiger partial charge in [0.2, 0.25) is 17.6 Å². The summed E-state index contributed by atoms with van der Waals surface area (Å²) in [4.78, 5) is 89.3. The number of thioether (sulfide) groups is 1. The minimum absolute atomic E-state index is 0.0316. The lowest BCUT2D eigenvalue weighted by molar-refractivity contribution is -0.247. The third-order valence-electron chi connectivity index (χ3n) is 10.2. The zero-order valence-corrected chi connectivity index (χ0v) is 32.1. The molecule has 58 heavy (non-hydrogen) atoms. The highest BCUT2D eigenvalue weighted by Crippen LogP contribution is 2.52. The molecule has 20 nitrogen and oxygen atoms in total. The Bertz CT molecular complexity index is 2020. The van der Waals surface area contributed by atoms with Gasteiger partial charge in [-0.2, -0.15) is 11.8 Å². The Balaban J connectivity index is 1.45. The van der Waals surface area contributed by atoms with Crippen LogP contribution in [0.4, 0.5) is 0 Å². The summed E-state index contributed by atoms with van der Waals surface area (Å²) in [6, 6.07) is 0.601. The van der Waals surface area contributed by atoms with Crippen LogP contribution in [0.5, 0.6) is 17.2 Å². The summed E-state index contributed by atoms with van der Waals surface area (Å²) in [5.74, 6) is -9.47. The number of benzene rings is 2. The standard InChI is InChI=1S/C37H44N4O16S/c1-14-30(46)18(39)8-25(56-14)57-21-10-37(54,22(42)13-58-12-19(35(51)40-11-24(44)45)41-23(43)7-6-17(38)36(52)53)9-16-27(21)34(50)29-28(32(16)48)31(47)15-4-3-5-20(55-2)26(15)33(29)49/h3-5,14,17-19,21,25,30,46,48,50,54H,6-13,38-39H2,1-2H3,(H,40,51)(H,41,43)(H,44,45)(H,52,53)/t14-,17-,18-,19-,21-,25-,30+,37-/m0/s1. The molecule has 0 unspecified atom stereocenters. The van der Waals surface area contributed by atoms with Crippen LogP contribution in [0.3, 0.4) is 0 Å². The topological polar surface area (TPSA) is 345 Å². The second-order valence-electron chi connectivity index (χ2n) is 14.2. The van der Waals surface area contributed by atoms with Gasteiger partial charge in [0.15, 0.2) is 17.9 Å². The molecule has 314 valence electrons. The lowest BCUT2D eigenvalue weighted by Gasteiger charge is -2.42. The van der Waals surface area contributed by atoms with Gasteiger partial charge in [0.25, 0.3) is 0 Å². The van der Waals surface area contributed by atoms with E-state index in [2.05, 4.69) is 10.6 Å². The van der Waals surface area contributed by atoms with Crippen LogP contribution in [0.1, 0.15) is 81.7 Å². The predicted octanol–water partition coefficient (Wildman–Crippen LogP) is -1.38. The van der Waals surface area contributed by atoms with Crippen LogP contribution < -0.4 is 26.8 Å². The van der Waals surface area contributed by atoms with E-state index in [-0.39, 0.29) is 46.6 Å². The summed E-state index contributed by atoms with van der Waals surface area (Å²) < 4.78 is 17.3. The van der Waals surface area contributed by atoms with Crippen molar-refractivity contribution in [1.82, 2.24) is 10.6 Å². The number of hydrogen-bond acceptors (Lipinski definition) is 17. The van der Waals surface area contributed by atoms with E-state index in [1.54, 1.807) is 0 Å². The molecule has 0 aromatic heterocycles. The van der Waals surface area contributed by atoms with Crippen LogP contribution in [0, 0.1) is 0 Å². The average Bonchev–Trinajstić information content (AvgIpc) is 3.17. The second-order valence-corrected chi connectivity index (χ2v) is 15.3. The number of carboxylic acid groups (broad SMARTS) is 2. The third-order valence-corrected chi connectivity index (χ3v) is 11.3. The Morgan fingerprint density at radius 2 is 1.76 bits per heavy atom. The number of methoxy groups -OCH3 is 1. The number of aliphatic hydroxyl groups is 2. The Kier molecular flexibility index (Phi) is 13.5. The summed E-state index contributed by atoms with van der Waals surface area (Å²) in [5.41, 5.74) is 7.24. The number of carbonyl (C=O) groups is 7. The van der Waals surface area contributed by atoms with Crippen molar-refractivity contribution in [3.8, 4) is 17.2 Å². The summed E-state index contributed by atoms with van der Waals surface area (Å²) in [6.07, 6.45) is -6.64. The summed E-state index contributed by atoms with van der Waals surface area (Å²) in [5, 5.41) is 68.4. The molecule has 2 aliphatic carbocycles. The van der Waals surface area contributed by atoms with E-state index >= 15 is 0 Å². The molecule has 0 bridgehead atoms. The van der Waals surface area contributed by atoms with Gasteiger partial charge in [-0.3, -0.25) is 33.6 Å². The Morgan fingerprint density at radius 3 is 2.40 bits per heavy atom. The monoisotopic (exact) mass is 832 g/mol. The van der Waals surface area contributed by atoms with Crippen molar-refractivity contribution in [2.75, 3.05) is 25.2 Å². The minimum atomic E-state index is -2.40. The fourth-order valence-electron chi connectivity index (χ4n) is 7.15. The molecule has 2 amide bonds. The van der Waals surface area contributed by atoms with Gasteiger partial charge >= 0.3 is 11.9 Å². The van der Waals surface area contributed by atoms with Crippen LogP contribution >= 0.6 is 11.8 Å². The molecule has 2 aromatic rings. The Hall–Kier alpha value is -5.16. The molecule has 0 spiro atoms. The maximum atomic E-state index is 14.0. The molecule has 12 N–H and O–H groups in total. The van der Waals surface area contributed by atoms with E-state index in [0.717, 1.165) is 11.8 Å². The number of ketones is 3. The van der Waals surface area contributed by atoms with E-state index in [4.69, 9.17) is 35.9 Å². The molecule has 0 radical (unpaired) electrons. The Morgan fingerprint density at radius 1 is 1.07 bits per heavy atom. The number of aliphatic hydroxyl groups excluding tert-OH is 1. The number of hydrogen-bond donors (Lipinski definition) is 10. The van der Waals surface area contributed by atoms with Crippen LogP contribution in [0.2, 0.25) is 0 Å². The molecule has 3 aliphatic rings. The normalized spacial score (nSPS) is 24.7. The van der Waals surface area contributed by atoms with Crippen molar-refractivity contribution in [1.29, 1.82) is 0 Å². The summed E-state index contributed by atoms with van der Waals surface area (Å²) >= 11 is 0.757. The van der Waals surface area contributed by atoms with Crippen molar-refractivity contribution < 1.29 is 78.4 Å². The number of phenolic OH excluding ortho intramolecular Hbond substituents is 2. The number of carboxylic acids is 2. The maximum Gasteiger partial charge on any atom is 0.322 e. The highest BCUT2D eigenvalue weighted by molar-refractivity contribution is 8.00. The van der Waals surface area contributed by atoms with E-state index < -0.39 is 144 Å². The van der Waals surface area contributed by atoms with E-state index in [1.807, 2.05) is 0 Å². The smallest absolute Gasteiger partial charge is 0.322 e. The van der Waals surface area contributed by atoms with E-state index in [0.29, 0.717) is 0 Å². The number of fused-ring (bicyclic) bond motifs is 3. The van der Waals surface area contributed by atoms with E-state index in [9.17, 15) is 54.0 Å². The first-order chi connectivity index (χ1) is 27.3. The van der Waals surface area contributed by atoms with Crippen LogP contribution in [0.15, 0.2) is 18.2 Å². The molecule has 0 saturated carbocycles. The zero-order valence-electron chi connectivity index (χ0n) is 31.3. The fourth-order valence-corrected chi connectivity index (χ4v) is 8.19. The molecular formula is C37H44N4O16S. The van der Waals surface area contributed by atoms with Crippen molar-refractivity contribution >= 4 is 52.9 Å². The molecule has 1 fully saturated rings. The average molecular weight is 833 g/mol. The molecule has 1 saturated heterocycles. The summed E-state index contributed by atoms with van der Waals surface area (Å²) in [7, 11) is 1.28. The zero-order chi connectivity index (χ0) is 42.8. The second kappa shape index (κ2) is 17.8. The summed E-state index contributed by atoms with van der Waals surface area (Å²) in [6.45, 7) is 0.725. The number of carbonyl (C=O) groups excluding carboxylic acids is 5. The Labute approximate surface area is 334 Å². The number of amides is 2. The SMILES string of the molecule is COc1cccc2c1C(=O)c1c(O)c3c(c(O)c1C2=O)C[C@@](O)(C(=O)CSC[C@H](NC(=O)CC[C@H](N)C(=O)O)C(=O)NCC(=O)O)C[C@@H]3O[C@H]1C[C@H](N)[C@H](O)[C@H](C)O1. The number of rotatable bonds is 16. The van der Waals surface area contributed by atoms with Gasteiger partial charge in [0.05, 0.1) is 47.9 Å². The van der Waals surface area contributed by atoms with Gasteiger partial charge in [-0.25, -0.2) is 0 Å². The number of nitrogens with one attached hydrogen (secondary N) is 2. The fraction of sp³-hybridized carbons (Fsp3) is 0.486. The van der Waals surface area contributed by atoms with Gasteiger partial charge < -0.3 is 67.0 Å². The number of aromatic hydroxyl groups is 2.